The SMILES string of the molecule is COc1ccc([C@H]2C(=C(O)c3ccc([N+](=O)[O-])cc3)C(=O)C(=O)N2CCCC(=O)O)cc1. The van der Waals surface area contributed by atoms with Crippen molar-refractivity contribution in [2.45, 2.75) is 18.9 Å². The number of rotatable bonds is 8. The minimum absolute atomic E-state index is 0.00931. The van der Waals surface area contributed by atoms with Crippen molar-refractivity contribution in [3.8, 4) is 5.75 Å². The Morgan fingerprint density at radius 1 is 1.09 bits per heavy atom. The largest absolute Gasteiger partial charge is 0.507 e. The topological polar surface area (TPSA) is 147 Å². The van der Waals surface area contributed by atoms with Gasteiger partial charge in [-0.15, -0.1) is 0 Å². The van der Waals surface area contributed by atoms with Crippen LogP contribution in [-0.2, 0) is 14.4 Å². The number of hydrogen-bond acceptors (Lipinski definition) is 7. The Kier molecular flexibility index (Phi) is 6.53. The number of aliphatic hydroxyl groups excluding tert-OH is 1. The molecule has 0 radical (unpaired) electrons. The quantitative estimate of drug-likeness (QED) is 0.209. The molecule has 1 aliphatic heterocycles. The van der Waals surface area contributed by atoms with E-state index in [0.717, 1.165) is 0 Å². The molecule has 1 aliphatic rings. The second-order valence-electron chi connectivity index (χ2n) is 7.07. The summed E-state index contributed by atoms with van der Waals surface area (Å²) in [6.45, 7) is -0.00931. The number of nitro groups is 1. The van der Waals surface area contributed by atoms with E-state index in [0.29, 0.717) is 11.3 Å². The Hall–Kier alpha value is -4.21. The summed E-state index contributed by atoms with van der Waals surface area (Å²) in [6.07, 6.45) is -0.0761. The van der Waals surface area contributed by atoms with E-state index in [4.69, 9.17) is 9.84 Å². The fraction of sp³-hybridized carbons (Fsp3) is 0.227. The Morgan fingerprint density at radius 3 is 2.25 bits per heavy atom. The first-order chi connectivity index (χ1) is 15.2. The molecule has 2 N–H and O–H groups in total. The molecule has 0 bridgehead atoms. The molecule has 0 aromatic heterocycles. The van der Waals surface area contributed by atoms with E-state index in [-0.39, 0.29) is 36.2 Å². The number of ether oxygens (including phenoxy) is 1. The molecule has 2 aromatic carbocycles. The lowest BCUT2D eigenvalue weighted by Crippen LogP contribution is -2.31. The van der Waals surface area contributed by atoms with Crippen molar-refractivity contribution in [3.63, 3.8) is 0 Å². The zero-order chi connectivity index (χ0) is 23.4. The summed E-state index contributed by atoms with van der Waals surface area (Å²) >= 11 is 0. The molecular formula is C22H20N2O8. The molecule has 0 aliphatic carbocycles. The van der Waals surface area contributed by atoms with Crippen molar-refractivity contribution in [1.82, 2.24) is 4.90 Å². The molecule has 1 fully saturated rings. The number of aliphatic hydroxyl groups is 1. The van der Waals surface area contributed by atoms with Crippen LogP contribution in [0.25, 0.3) is 5.76 Å². The number of carboxylic acid groups (broad SMARTS) is 1. The van der Waals surface area contributed by atoms with Crippen LogP contribution >= 0.6 is 0 Å². The van der Waals surface area contributed by atoms with Gasteiger partial charge in [0.15, 0.2) is 0 Å². The monoisotopic (exact) mass is 440 g/mol. The van der Waals surface area contributed by atoms with E-state index in [1.54, 1.807) is 24.3 Å². The molecule has 1 heterocycles. The molecule has 10 nitrogen and oxygen atoms in total. The lowest BCUT2D eigenvalue weighted by Gasteiger charge is -2.25. The first kappa shape index (κ1) is 22.5. The van der Waals surface area contributed by atoms with E-state index in [2.05, 4.69) is 0 Å². The molecule has 10 heteroatoms. The second-order valence-corrected chi connectivity index (χ2v) is 7.07. The van der Waals surface area contributed by atoms with Gasteiger partial charge >= 0.3 is 5.97 Å². The summed E-state index contributed by atoms with van der Waals surface area (Å²) in [5.74, 6) is -2.74. The van der Waals surface area contributed by atoms with Gasteiger partial charge in [-0.25, -0.2) is 0 Å². The van der Waals surface area contributed by atoms with E-state index in [1.807, 2.05) is 0 Å². The standard InChI is InChI=1S/C22H20N2O8/c1-32-16-10-6-13(7-11-16)19-18(20(27)14-4-8-15(9-5-14)24(30)31)21(28)22(29)23(19)12-2-3-17(25)26/h4-11,19,27H,2-3,12H2,1H3,(H,25,26)/t19-/m0/s1. The second kappa shape index (κ2) is 9.29. The molecule has 1 saturated heterocycles. The molecule has 1 amide bonds. The molecule has 0 spiro atoms. The van der Waals surface area contributed by atoms with Gasteiger partial charge in [0.05, 0.1) is 23.6 Å². The Bertz CT molecular complexity index is 1090. The zero-order valence-corrected chi connectivity index (χ0v) is 17.1. The summed E-state index contributed by atoms with van der Waals surface area (Å²) in [4.78, 5) is 48.0. The predicted octanol–water partition coefficient (Wildman–Crippen LogP) is 2.89. The van der Waals surface area contributed by atoms with Crippen LogP contribution in [0, 0.1) is 10.1 Å². The lowest BCUT2D eigenvalue weighted by atomic mass is 9.95. The Morgan fingerprint density at radius 2 is 1.72 bits per heavy atom. The average Bonchev–Trinajstić information content (AvgIpc) is 3.03. The van der Waals surface area contributed by atoms with Gasteiger partial charge < -0.3 is 19.8 Å². The number of benzene rings is 2. The van der Waals surface area contributed by atoms with Crippen LogP contribution in [-0.4, -0.2) is 51.4 Å². The maximum absolute atomic E-state index is 12.9. The molecule has 166 valence electrons. The summed E-state index contributed by atoms with van der Waals surface area (Å²) in [7, 11) is 1.49. The third-order valence-electron chi connectivity index (χ3n) is 5.11. The highest BCUT2D eigenvalue weighted by molar-refractivity contribution is 6.46. The van der Waals surface area contributed by atoms with Crippen LogP contribution in [0.15, 0.2) is 54.1 Å². The van der Waals surface area contributed by atoms with Crippen LogP contribution < -0.4 is 4.74 Å². The smallest absolute Gasteiger partial charge is 0.303 e. The average molecular weight is 440 g/mol. The van der Waals surface area contributed by atoms with Gasteiger partial charge in [-0.3, -0.25) is 24.5 Å². The summed E-state index contributed by atoms with van der Waals surface area (Å²) < 4.78 is 5.14. The van der Waals surface area contributed by atoms with Crippen LogP contribution in [0.2, 0.25) is 0 Å². The van der Waals surface area contributed by atoms with Gasteiger partial charge in [-0.2, -0.15) is 0 Å². The number of Topliss-reactive ketones (excluding diaryl/α,β-unsaturated/α-hetero) is 1. The van der Waals surface area contributed by atoms with Gasteiger partial charge in [-0.05, 0) is 36.2 Å². The van der Waals surface area contributed by atoms with Gasteiger partial charge in [0.2, 0.25) is 0 Å². The van der Waals surface area contributed by atoms with Crippen molar-refractivity contribution in [3.05, 3.63) is 75.3 Å². The fourth-order valence-electron chi connectivity index (χ4n) is 3.54. The zero-order valence-electron chi connectivity index (χ0n) is 17.1. The predicted molar refractivity (Wildman–Crippen MR) is 112 cm³/mol. The summed E-state index contributed by atoms with van der Waals surface area (Å²) in [6, 6.07) is 10.5. The number of aliphatic carboxylic acids is 1. The number of amides is 1. The number of hydrogen-bond donors (Lipinski definition) is 2. The van der Waals surface area contributed by atoms with E-state index >= 15 is 0 Å². The van der Waals surface area contributed by atoms with Crippen molar-refractivity contribution < 1.29 is 34.3 Å². The molecule has 0 saturated carbocycles. The number of carboxylic acids is 1. The number of ketones is 1. The van der Waals surface area contributed by atoms with Crippen LogP contribution in [0.3, 0.4) is 0 Å². The third kappa shape index (κ3) is 4.43. The van der Waals surface area contributed by atoms with Crippen LogP contribution in [0.5, 0.6) is 5.75 Å². The summed E-state index contributed by atoms with van der Waals surface area (Å²) in [5.41, 5.74) is 0.285. The van der Waals surface area contributed by atoms with Crippen LogP contribution in [0.1, 0.15) is 30.0 Å². The normalized spacial score (nSPS) is 17.4. The number of nitro benzene ring substituents is 1. The molecular weight excluding hydrogens is 420 g/mol. The highest BCUT2D eigenvalue weighted by atomic mass is 16.6. The Balaban J connectivity index is 2.08. The maximum Gasteiger partial charge on any atom is 0.303 e. The Labute approximate surface area is 182 Å². The number of carbonyl (C=O) groups is 3. The van der Waals surface area contributed by atoms with E-state index < -0.39 is 34.4 Å². The number of carbonyl (C=O) groups excluding carboxylic acids is 2. The number of nitrogens with zero attached hydrogens (tertiary/aromatic N) is 2. The first-order valence-corrected chi connectivity index (χ1v) is 9.63. The lowest BCUT2D eigenvalue weighted by molar-refractivity contribution is -0.384. The fourth-order valence-corrected chi connectivity index (χ4v) is 3.54. The van der Waals surface area contributed by atoms with Crippen molar-refractivity contribution in [2.75, 3.05) is 13.7 Å². The van der Waals surface area contributed by atoms with Crippen LogP contribution in [0.4, 0.5) is 5.69 Å². The molecule has 3 rings (SSSR count). The number of non-ortho nitro benzene ring substituents is 1. The van der Waals surface area contributed by atoms with Crippen molar-refractivity contribution >= 4 is 29.1 Å². The number of methoxy groups -OCH3 is 1. The first-order valence-electron chi connectivity index (χ1n) is 9.63. The highest BCUT2D eigenvalue weighted by Gasteiger charge is 2.45. The molecule has 2 aromatic rings. The van der Waals surface area contributed by atoms with Gasteiger partial charge in [0, 0.05) is 30.7 Å². The highest BCUT2D eigenvalue weighted by Crippen LogP contribution is 2.40. The third-order valence-corrected chi connectivity index (χ3v) is 5.11. The molecule has 1 atom stereocenters. The molecule has 32 heavy (non-hydrogen) atoms. The van der Waals surface area contributed by atoms with E-state index in [1.165, 1.54) is 36.3 Å². The minimum atomic E-state index is -1.03. The minimum Gasteiger partial charge on any atom is -0.507 e. The van der Waals surface area contributed by atoms with Crippen molar-refractivity contribution in [2.24, 2.45) is 0 Å². The molecule has 0 unspecified atom stereocenters. The summed E-state index contributed by atoms with van der Waals surface area (Å²) in [5, 5.41) is 30.7. The van der Waals surface area contributed by atoms with Gasteiger partial charge in [-0.1, -0.05) is 12.1 Å². The maximum atomic E-state index is 12.9. The number of likely N-dealkylation sites (tertiary alicyclic amines) is 1. The van der Waals surface area contributed by atoms with Gasteiger partial charge in [0.25, 0.3) is 17.4 Å². The van der Waals surface area contributed by atoms with Crippen molar-refractivity contribution in [1.29, 1.82) is 0 Å². The van der Waals surface area contributed by atoms with Gasteiger partial charge in [0.1, 0.15) is 11.5 Å². The van der Waals surface area contributed by atoms with E-state index in [9.17, 15) is 29.6 Å².